The Hall–Kier alpha value is -1.38. The Morgan fingerprint density at radius 3 is 3.00 bits per heavy atom. The molecule has 0 radical (unpaired) electrons. The molecule has 0 unspecified atom stereocenters. The van der Waals surface area contributed by atoms with E-state index in [-0.39, 0.29) is 0 Å². The standard InChI is InChI=1S/C7H8N2O/c1-6-5-7(9-8-6)3-2-4-10/h2-5H,1H3,(H,8,9)/b3-2+. The first-order valence-electron chi connectivity index (χ1n) is 2.97. The van der Waals surface area contributed by atoms with Crippen LogP contribution < -0.4 is 0 Å². The van der Waals surface area contributed by atoms with Gasteiger partial charge in [-0.05, 0) is 25.1 Å². The minimum Gasteiger partial charge on any atom is -0.299 e. The van der Waals surface area contributed by atoms with Crippen molar-refractivity contribution >= 4 is 12.4 Å². The first-order chi connectivity index (χ1) is 4.83. The molecule has 1 aromatic rings. The van der Waals surface area contributed by atoms with Gasteiger partial charge in [0.25, 0.3) is 0 Å². The van der Waals surface area contributed by atoms with E-state index in [4.69, 9.17) is 0 Å². The molecule has 3 nitrogen and oxygen atoms in total. The zero-order valence-corrected chi connectivity index (χ0v) is 5.66. The van der Waals surface area contributed by atoms with Crippen molar-refractivity contribution in [3.63, 3.8) is 0 Å². The van der Waals surface area contributed by atoms with Gasteiger partial charge in [0.2, 0.25) is 0 Å². The first-order valence-corrected chi connectivity index (χ1v) is 2.97. The second-order valence-electron chi connectivity index (χ2n) is 1.97. The van der Waals surface area contributed by atoms with Crippen molar-refractivity contribution in [2.24, 2.45) is 0 Å². The van der Waals surface area contributed by atoms with Crippen LogP contribution in [0.3, 0.4) is 0 Å². The molecule has 0 fully saturated rings. The molecule has 0 amide bonds. The van der Waals surface area contributed by atoms with Crippen LogP contribution in [0.15, 0.2) is 12.1 Å². The molecule has 0 bridgehead atoms. The molecule has 52 valence electrons. The van der Waals surface area contributed by atoms with Gasteiger partial charge in [-0.2, -0.15) is 5.10 Å². The number of H-pyrrole nitrogens is 1. The minimum absolute atomic E-state index is 0.726. The molecule has 1 heterocycles. The Labute approximate surface area is 58.8 Å². The van der Waals surface area contributed by atoms with E-state index in [0.717, 1.165) is 17.7 Å². The third-order valence-electron chi connectivity index (χ3n) is 1.07. The Morgan fingerprint density at radius 1 is 1.70 bits per heavy atom. The van der Waals surface area contributed by atoms with Crippen molar-refractivity contribution < 1.29 is 4.79 Å². The number of hydrogen-bond acceptors (Lipinski definition) is 2. The average molecular weight is 136 g/mol. The van der Waals surface area contributed by atoms with Gasteiger partial charge in [0.1, 0.15) is 6.29 Å². The summed E-state index contributed by atoms with van der Waals surface area (Å²) in [5.74, 6) is 0. The van der Waals surface area contributed by atoms with Crippen molar-refractivity contribution in [2.45, 2.75) is 6.92 Å². The third-order valence-corrected chi connectivity index (χ3v) is 1.07. The van der Waals surface area contributed by atoms with E-state index in [2.05, 4.69) is 10.2 Å². The average Bonchev–Trinajstić information content (AvgIpc) is 2.31. The highest BCUT2D eigenvalue weighted by Gasteiger charge is 1.89. The van der Waals surface area contributed by atoms with Gasteiger partial charge in [-0.15, -0.1) is 0 Å². The molecule has 0 aliphatic carbocycles. The van der Waals surface area contributed by atoms with Gasteiger partial charge < -0.3 is 0 Å². The van der Waals surface area contributed by atoms with Gasteiger partial charge >= 0.3 is 0 Å². The Kier molecular flexibility index (Phi) is 1.99. The molecule has 0 aliphatic rings. The lowest BCUT2D eigenvalue weighted by Gasteiger charge is -1.73. The smallest absolute Gasteiger partial charge is 0.142 e. The summed E-state index contributed by atoms with van der Waals surface area (Å²) in [6, 6.07) is 1.86. The van der Waals surface area contributed by atoms with Crippen molar-refractivity contribution in [3.05, 3.63) is 23.5 Å². The number of aldehydes is 1. The molecule has 0 saturated carbocycles. The number of nitrogens with one attached hydrogen (secondary N) is 1. The highest BCUT2D eigenvalue weighted by Crippen LogP contribution is 1.98. The number of hydrogen-bond donors (Lipinski definition) is 1. The van der Waals surface area contributed by atoms with E-state index in [1.165, 1.54) is 6.08 Å². The van der Waals surface area contributed by atoms with Gasteiger partial charge in [0.15, 0.2) is 0 Å². The molecule has 0 aromatic carbocycles. The zero-order chi connectivity index (χ0) is 7.40. The molecule has 0 spiro atoms. The molecule has 0 atom stereocenters. The van der Waals surface area contributed by atoms with Gasteiger partial charge in [0.05, 0.1) is 5.69 Å². The van der Waals surface area contributed by atoms with Crippen molar-refractivity contribution in [3.8, 4) is 0 Å². The van der Waals surface area contributed by atoms with E-state index in [9.17, 15) is 4.79 Å². The quantitative estimate of drug-likeness (QED) is 0.485. The molecule has 0 saturated heterocycles. The van der Waals surface area contributed by atoms with Gasteiger partial charge in [-0.1, -0.05) is 0 Å². The summed E-state index contributed by atoms with van der Waals surface area (Å²) in [5.41, 5.74) is 1.77. The highest BCUT2D eigenvalue weighted by atomic mass is 16.1. The summed E-state index contributed by atoms with van der Waals surface area (Å²) in [5, 5.41) is 6.64. The number of carbonyl (C=O) groups excluding carboxylic acids is 1. The molecule has 3 heteroatoms. The lowest BCUT2D eigenvalue weighted by Crippen LogP contribution is -1.70. The van der Waals surface area contributed by atoms with Gasteiger partial charge in [-0.3, -0.25) is 9.89 Å². The fourth-order valence-electron chi connectivity index (χ4n) is 0.662. The fraction of sp³-hybridized carbons (Fsp3) is 0.143. The van der Waals surface area contributed by atoms with E-state index >= 15 is 0 Å². The normalized spacial score (nSPS) is 10.5. The SMILES string of the molecule is Cc1cc(/C=C/C=O)n[nH]1. The van der Waals surface area contributed by atoms with E-state index in [1.807, 2.05) is 13.0 Å². The molecular weight excluding hydrogens is 128 g/mol. The number of carbonyl (C=O) groups is 1. The maximum atomic E-state index is 9.86. The molecule has 1 N–H and O–H groups in total. The zero-order valence-electron chi connectivity index (χ0n) is 5.66. The number of aromatic amines is 1. The van der Waals surface area contributed by atoms with Crippen molar-refractivity contribution in [1.29, 1.82) is 0 Å². The Bertz CT molecular complexity index is 250. The van der Waals surface area contributed by atoms with Crippen LogP contribution in [0.2, 0.25) is 0 Å². The van der Waals surface area contributed by atoms with Crippen LogP contribution in [-0.2, 0) is 4.79 Å². The summed E-state index contributed by atoms with van der Waals surface area (Å²) >= 11 is 0. The van der Waals surface area contributed by atoms with E-state index < -0.39 is 0 Å². The molecule has 1 rings (SSSR count). The van der Waals surface area contributed by atoms with Gasteiger partial charge in [0, 0.05) is 5.69 Å². The monoisotopic (exact) mass is 136 g/mol. The van der Waals surface area contributed by atoms with E-state index in [1.54, 1.807) is 6.08 Å². The van der Waals surface area contributed by atoms with Crippen molar-refractivity contribution in [1.82, 2.24) is 10.2 Å². The highest BCUT2D eigenvalue weighted by molar-refractivity contribution is 5.72. The predicted octanol–water partition coefficient (Wildman–Crippen LogP) is 0.930. The second kappa shape index (κ2) is 2.96. The maximum Gasteiger partial charge on any atom is 0.142 e. The number of aryl methyl sites for hydroxylation is 1. The fourth-order valence-corrected chi connectivity index (χ4v) is 0.662. The topological polar surface area (TPSA) is 45.8 Å². The summed E-state index contributed by atoms with van der Waals surface area (Å²) in [7, 11) is 0. The summed E-state index contributed by atoms with van der Waals surface area (Å²) in [6.45, 7) is 1.91. The lowest BCUT2D eigenvalue weighted by molar-refractivity contribution is -0.104. The number of aromatic nitrogens is 2. The largest absolute Gasteiger partial charge is 0.299 e. The number of rotatable bonds is 2. The number of allylic oxidation sites excluding steroid dienone is 1. The molecule has 0 aliphatic heterocycles. The van der Waals surface area contributed by atoms with Crippen LogP contribution in [0.4, 0.5) is 0 Å². The minimum atomic E-state index is 0.726. The molecular formula is C7H8N2O. The Morgan fingerprint density at radius 2 is 2.50 bits per heavy atom. The van der Waals surface area contributed by atoms with Gasteiger partial charge in [-0.25, -0.2) is 0 Å². The van der Waals surface area contributed by atoms with E-state index in [0.29, 0.717) is 0 Å². The van der Waals surface area contributed by atoms with Crippen LogP contribution in [0, 0.1) is 6.92 Å². The summed E-state index contributed by atoms with van der Waals surface area (Å²) in [4.78, 5) is 9.86. The van der Waals surface area contributed by atoms with Crippen LogP contribution in [-0.4, -0.2) is 16.5 Å². The Balaban J connectivity index is 2.75. The van der Waals surface area contributed by atoms with Crippen LogP contribution in [0.25, 0.3) is 6.08 Å². The molecule has 10 heavy (non-hydrogen) atoms. The summed E-state index contributed by atoms with van der Waals surface area (Å²) in [6.07, 6.45) is 3.79. The van der Waals surface area contributed by atoms with Crippen LogP contribution >= 0.6 is 0 Å². The first kappa shape index (κ1) is 6.74. The lowest BCUT2D eigenvalue weighted by atomic mass is 10.3. The van der Waals surface area contributed by atoms with Crippen LogP contribution in [0.1, 0.15) is 11.4 Å². The second-order valence-corrected chi connectivity index (χ2v) is 1.97. The molecule has 1 aromatic heterocycles. The van der Waals surface area contributed by atoms with Crippen LogP contribution in [0.5, 0.6) is 0 Å². The third kappa shape index (κ3) is 1.55. The van der Waals surface area contributed by atoms with Crippen molar-refractivity contribution in [2.75, 3.05) is 0 Å². The summed E-state index contributed by atoms with van der Waals surface area (Å²) < 4.78 is 0. The maximum absolute atomic E-state index is 9.86. The number of nitrogens with zero attached hydrogens (tertiary/aromatic N) is 1. The predicted molar refractivity (Wildman–Crippen MR) is 38.4 cm³/mol.